The van der Waals surface area contributed by atoms with Gasteiger partial charge < -0.3 is 15.1 Å². The molecule has 1 aliphatic heterocycles. The third-order valence-electron chi connectivity index (χ3n) is 4.13. The first-order valence-corrected chi connectivity index (χ1v) is 9.95. The van der Waals surface area contributed by atoms with Crippen LogP contribution in [0.25, 0.3) is 11.3 Å². The van der Waals surface area contributed by atoms with Crippen molar-refractivity contribution in [1.29, 1.82) is 0 Å². The number of thioether (sulfide) groups is 1. The van der Waals surface area contributed by atoms with E-state index in [0.29, 0.717) is 17.7 Å². The number of aliphatic imine (C=N–C) groups is 1. The molecule has 0 spiro atoms. The Morgan fingerprint density at radius 3 is 2.81 bits per heavy atom. The van der Waals surface area contributed by atoms with Crippen LogP contribution in [0.15, 0.2) is 39.9 Å². The normalized spacial score (nSPS) is 17.0. The maximum Gasteiger partial charge on any atom is 0.216 e. The Morgan fingerprint density at radius 1 is 1.31 bits per heavy atom. The second kappa shape index (κ2) is 10.8. The Bertz CT molecular complexity index is 696. The highest BCUT2D eigenvalue weighted by Gasteiger charge is 2.15. The molecular weight excluding hydrogens is 459 g/mol. The molecule has 1 aromatic heterocycles. The van der Waals surface area contributed by atoms with Crippen LogP contribution in [-0.2, 0) is 6.54 Å². The van der Waals surface area contributed by atoms with Gasteiger partial charge in [0.05, 0.1) is 6.20 Å². The molecule has 1 aliphatic rings. The number of hydrogen-bond acceptors (Lipinski definition) is 4. The monoisotopic (exact) mass is 486 g/mol. The number of rotatable bonds is 6. The van der Waals surface area contributed by atoms with Crippen molar-refractivity contribution in [2.24, 2.45) is 4.99 Å². The van der Waals surface area contributed by atoms with E-state index in [4.69, 9.17) is 4.42 Å². The standard InChI is InChI=1S/C19H26N4OS.HI/c1-3-20-19(22-11-16-5-4-10-25-16)23-13-18-21-12-17(24-18)15-8-6-14(2)7-9-15;/h6-9,12,16H,3-5,10-11,13H2,1-2H3,(H2,20,22,23);1H. The second-order valence-corrected chi connectivity index (χ2v) is 7.60. The highest BCUT2D eigenvalue weighted by atomic mass is 127. The number of aryl methyl sites for hydroxylation is 1. The van der Waals surface area contributed by atoms with Crippen LogP contribution in [0.5, 0.6) is 0 Å². The number of nitrogens with zero attached hydrogens (tertiary/aromatic N) is 2. The van der Waals surface area contributed by atoms with Gasteiger partial charge in [0, 0.05) is 23.9 Å². The maximum absolute atomic E-state index is 5.84. The lowest BCUT2D eigenvalue weighted by molar-refractivity contribution is 0.509. The van der Waals surface area contributed by atoms with Crippen LogP contribution in [0.4, 0.5) is 0 Å². The minimum atomic E-state index is 0. The van der Waals surface area contributed by atoms with Crippen molar-refractivity contribution >= 4 is 41.7 Å². The van der Waals surface area contributed by atoms with Crippen LogP contribution >= 0.6 is 35.7 Å². The fourth-order valence-electron chi connectivity index (χ4n) is 2.74. The van der Waals surface area contributed by atoms with E-state index in [0.717, 1.165) is 30.4 Å². The number of hydrogen-bond donors (Lipinski definition) is 2. The van der Waals surface area contributed by atoms with Gasteiger partial charge in [0.15, 0.2) is 11.7 Å². The van der Waals surface area contributed by atoms with E-state index in [9.17, 15) is 0 Å². The lowest BCUT2D eigenvalue weighted by atomic mass is 10.1. The fraction of sp³-hybridized carbons (Fsp3) is 0.474. The summed E-state index contributed by atoms with van der Waals surface area (Å²) in [6.07, 6.45) is 4.38. The predicted octanol–water partition coefficient (Wildman–Crippen LogP) is 4.22. The summed E-state index contributed by atoms with van der Waals surface area (Å²) in [5.41, 5.74) is 2.27. The van der Waals surface area contributed by atoms with Crippen molar-refractivity contribution < 1.29 is 4.42 Å². The minimum Gasteiger partial charge on any atom is -0.439 e. The molecular formula is C19H27IN4OS. The molecule has 1 saturated heterocycles. The first-order chi connectivity index (χ1) is 12.2. The quantitative estimate of drug-likeness (QED) is 0.364. The summed E-state index contributed by atoms with van der Waals surface area (Å²) < 4.78 is 5.84. The summed E-state index contributed by atoms with van der Waals surface area (Å²) in [6, 6.07) is 8.25. The van der Waals surface area contributed by atoms with E-state index in [1.807, 2.05) is 23.9 Å². The summed E-state index contributed by atoms with van der Waals surface area (Å²) in [4.78, 5) is 8.95. The van der Waals surface area contributed by atoms with Gasteiger partial charge in [-0.15, -0.1) is 24.0 Å². The molecule has 7 heteroatoms. The lowest BCUT2D eigenvalue weighted by Crippen LogP contribution is -2.40. The first kappa shape index (κ1) is 21.1. The molecule has 2 heterocycles. The smallest absolute Gasteiger partial charge is 0.216 e. The molecule has 26 heavy (non-hydrogen) atoms. The zero-order valence-electron chi connectivity index (χ0n) is 15.3. The number of guanidine groups is 1. The Morgan fingerprint density at radius 2 is 2.12 bits per heavy atom. The zero-order chi connectivity index (χ0) is 17.5. The molecule has 2 aromatic rings. The Labute approximate surface area is 176 Å². The highest BCUT2D eigenvalue weighted by molar-refractivity contribution is 14.0. The van der Waals surface area contributed by atoms with Gasteiger partial charge in [-0.1, -0.05) is 29.8 Å². The lowest BCUT2D eigenvalue weighted by Gasteiger charge is -2.14. The number of halogens is 1. The molecule has 0 saturated carbocycles. The first-order valence-electron chi connectivity index (χ1n) is 8.90. The van der Waals surface area contributed by atoms with Gasteiger partial charge in [-0.05, 0) is 32.4 Å². The fourth-order valence-corrected chi connectivity index (χ4v) is 3.94. The van der Waals surface area contributed by atoms with Crippen molar-refractivity contribution in [3.8, 4) is 11.3 Å². The van der Waals surface area contributed by atoms with Gasteiger partial charge in [0.2, 0.25) is 5.89 Å². The van der Waals surface area contributed by atoms with Crippen LogP contribution in [0.3, 0.4) is 0 Å². The van der Waals surface area contributed by atoms with Gasteiger partial charge in [-0.2, -0.15) is 11.8 Å². The average molecular weight is 486 g/mol. The zero-order valence-corrected chi connectivity index (χ0v) is 18.5. The predicted molar refractivity (Wildman–Crippen MR) is 120 cm³/mol. The van der Waals surface area contributed by atoms with Gasteiger partial charge >= 0.3 is 0 Å². The minimum absolute atomic E-state index is 0. The van der Waals surface area contributed by atoms with Gasteiger partial charge in [0.25, 0.3) is 0 Å². The van der Waals surface area contributed by atoms with Gasteiger partial charge in [-0.25, -0.2) is 9.98 Å². The molecule has 2 N–H and O–H groups in total. The average Bonchev–Trinajstić information content (AvgIpc) is 3.30. The molecule has 1 atom stereocenters. The molecule has 3 rings (SSSR count). The summed E-state index contributed by atoms with van der Waals surface area (Å²) in [5.74, 6) is 3.51. The number of nitrogens with one attached hydrogen (secondary N) is 2. The van der Waals surface area contributed by atoms with Gasteiger partial charge in [0.1, 0.15) is 6.54 Å². The van der Waals surface area contributed by atoms with Crippen molar-refractivity contribution in [2.75, 3.05) is 18.8 Å². The number of benzene rings is 1. The second-order valence-electron chi connectivity index (χ2n) is 6.20. The van der Waals surface area contributed by atoms with Crippen molar-refractivity contribution in [1.82, 2.24) is 15.6 Å². The van der Waals surface area contributed by atoms with Crippen LogP contribution in [0, 0.1) is 6.92 Å². The largest absolute Gasteiger partial charge is 0.439 e. The van der Waals surface area contributed by atoms with Crippen molar-refractivity contribution in [3.63, 3.8) is 0 Å². The Kier molecular flexibility index (Phi) is 8.77. The molecule has 0 aliphatic carbocycles. The van der Waals surface area contributed by atoms with Gasteiger partial charge in [-0.3, -0.25) is 0 Å². The van der Waals surface area contributed by atoms with Crippen molar-refractivity contribution in [3.05, 3.63) is 41.9 Å². The van der Waals surface area contributed by atoms with Crippen molar-refractivity contribution in [2.45, 2.75) is 38.5 Å². The Balaban J connectivity index is 0.00000243. The number of oxazole rings is 1. The summed E-state index contributed by atoms with van der Waals surface area (Å²) in [7, 11) is 0. The van der Waals surface area contributed by atoms with Crippen LogP contribution in [0.1, 0.15) is 31.2 Å². The molecule has 0 bridgehead atoms. The third-order valence-corrected chi connectivity index (χ3v) is 5.53. The van der Waals surface area contributed by atoms with Crippen LogP contribution in [0.2, 0.25) is 0 Å². The van der Waals surface area contributed by atoms with E-state index in [-0.39, 0.29) is 24.0 Å². The molecule has 1 unspecified atom stereocenters. The highest BCUT2D eigenvalue weighted by Crippen LogP contribution is 2.25. The molecule has 1 aromatic carbocycles. The molecule has 5 nitrogen and oxygen atoms in total. The van der Waals surface area contributed by atoms with E-state index in [2.05, 4.69) is 46.6 Å². The molecule has 0 radical (unpaired) electrons. The summed E-state index contributed by atoms with van der Waals surface area (Å²) in [5, 5.41) is 7.40. The summed E-state index contributed by atoms with van der Waals surface area (Å²) in [6.45, 7) is 6.37. The summed E-state index contributed by atoms with van der Waals surface area (Å²) >= 11 is 2.04. The molecule has 142 valence electrons. The SMILES string of the molecule is CCNC(=NCc1ncc(-c2ccc(C)cc2)o1)NCC1CCCS1.I. The maximum atomic E-state index is 5.84. The van der Waals surface area contributed by atoms with E-state index in [1.165, 1.54) is 24.2 Å². The van der Waals surface area contributed by atoms with E-state index in [1.54, 1.807) is 6.20 Å². The topological polar surface area (TPSA) is 62.5 Å². The molecule has 0 amide bonds. The Hall–Kier alpha value is -1.22. The van der Waals surface area contributed by atoms with E-state index >= 15 is 0 Å². The number of aromatic nitrogens is 1. The molecule has 1 fully saturated rings. The third kappa shape index (κ3) is 6.19. The van der Waals surface area contributed by atoms with Crippen LogP contribution < -0.4 is 10.6 Å². The van der Waals surface area contributed by atoms with E-state index < -0.39 is 0 Å². The van der Waals surface area contributed by atoms with Crippen LogP contribution in [-0.4, -0.2) is 35.0 Å².